The van der Waals surface area contributed by atoms with Crippen LogP contribution in [0, 0.1) is 11.3 Å². The molecule has 2 aromatic rings. The molecule has 0 saturated carbocycles. The fourth-order valence-corrected chi connectivity index (χ4v) is 4.54. The van der Waals surface area contributed by atoms with Gasteiger partial charge in [0, 0.05) is 50.2 Å². The van der Waals surface area contributed by atoms with Crippen LogP contribution in [0.3, 0.4) is 0 Å². The number of piperazine rings is 1. The highest BCUT2D eigenvalue weighted by Crippen LogP contribution is 2.15. The predicted molar refractivity (Wildman–Crippen MR) is 117 cm³/mol. The summed E-state index contributed by atoms with van der Waals surface area (Å²) < 4.78 is 27.9. The van der Waals surface area contributed by atoms with Gasteiger partial charge in [0.1, 0.15) is 0 Å². The number of benzene rings is 2. The summed E-state index contributed by atoms with van der Waals surface area (Å²) in [5, 5.41) is 8.87. The Kier molecular flexibility index (Phi) is 7.61. The summed E-state index contributed by atoms with van der Waals surface area (Å²) in [6, 6.07) is 16.0. The summed E-state index contributed by atoms with van der Waals surface area (Å²) >= 11 is 3.28. The molecule has 0 aliphatic carbocycles. The van der Waals surface area contributed by atoms with E-state index in [0.29, 0.717) is 18.7 Å². The summed E-state index contributed by atoms with van der Waals surface area (Å²) in [5.74, 6) is -0.0495. The van der Waals surface area contributed by atoms with E-state index in [1.807, 2.05) is 24.3 Å². The van der Waals surface area contributed by atoms with Crippen molar-refractivity contribution in [2.75, 3.05) is 32.7 Å². The van der Waals surface area contributed by atoms with Crippen LogP contribution in [0.1, 0.15) is 17.5 Å². The molecular formula is C21H23BrN4O3S. The molecule has 1 saturated heterocycles. The minimum Gasteiger partial charge on any atom is -0.340 e. The van der Waals surface area contributed by atoms with Crippen molar-refractivity contribution in [3.8, 4) is 6.07 Å². The van der Waals surface area contributed by atoms with Crippen LogP contribution < -0.4 is 4.72 Å². The van der Waals surface area contributed by atoms with Crippen LogP contribution in [0.2, 0.25) is 0 Å². The van der Waals surface area contributed by atoms with Crippen LogP contribution >= 0.6 is 15.9 Å². The Hall–Kier alpha value is -2.25. The predicted octanol–water partition coefficient (Wildman–Crippen LogP) is 2.33. The van der Waals surface area contributed by atoms with Crippen LogP contribution in [0.5, 0.6) is 0 Å². The number of hydrogen-bond acceptors (Lipinski definition) is 5. The number of amides is 1. The van der Waals surface area contributed by atoms with E-state index in [9.17, 15) is 13.2 Å². The van der Waals surface area contributed by atoms with Crippen molar-refractivity contribution in [2.45, 2.75) is 17.9 Å². The molecule has 30 heavy (non-hydrogen) atoms. The molecule has 1 heterocycles. The van der Waals surface area contributed by atoms with E-state index in [2.05, 4.69) is 31.6 Å². The standard InChI is InChI=1S/C21H23BrN4O3S/c22-19-5-7-20(8-6-19)30(28,29)24-10-9-21(27)26-13-11-25(12-14-26)16-18-3-1-17(15-23)2-4-18/h1-8,24H,9-14,16H2. The number of nitrogens with zero attached hydrogens (tertiary/aromatic N) is 3. The molecule has 0 unspecified atom stereocenters. The zero-order valence-corrected chi connectivity index (χ0v) is 18.8. The summed E-state index contributed by atoms with van der Waals surface area (Å²) in [5.41, 5.74) is 1.78. The topological polar surface area (TPSA) is 93.5 Å². The van der Waals surface area contributed by atoms with Gasteiger partial charge in [-0.15, -0.1) is 0 Å². The van der Waals surface area contributed by atoms with Crippen molar-refractivity contribution >= 4 is 31.9 Å². The van der Waals surface area contributed by atoms with Gasteiger partial charge in [-0.2, -0.15) is 5.26 Å². The fraction of sp³-hybridized carbons (Fsp3) is 0.333. The molecular weight excluding hydrogens is 468 g/mol. The van der Waals surface area contributed by atoms with Crippen LogP contribution in [0.15, 0.2) is 57.9 Å². The number of carbonyl (C=O) groups excluding carboxylic acids is 1. The number of halogens is 1. The first-order valence-corrected chi connectivity index (χ1v) is 11.9. The van der Waals surface area contributed by atoms with E-state index in [1.54, 1.807) is 17.0 Å². The minimum absolute atomic E-state index is 0.0495. The lowest BCUT2D eigenvalue weighted by Gasteiger charge is -2.34. The highest BCUT2D eigenvalue weighted by molar-refractivity contribution is 9.10. The first-order chi connectivity index (χ1) is 14.4. The normalized spacial score (nSPS) is 15.0. The van der Waals surface area contributed by atoms with Gasteiger partial charge in [-0.25, -0.2) is 13.1 Å². The van der Waals surface area contributed by atoms with Gasteiger partial charge in [0.25, 0.3) is 0 Å². The average Bonchev–Trinajstić information content (AvgIpc) is 2.75. The average molecular weight is 491 g/mol. The van der Waals surface area contributed by atoms with Gasteiger partial charge in [0.15, 0.2) is 0 Å². The van der Waals surface area contributed by atoms with Crippen molar-refractivity contribution in [3.05, 3.63) is 64.1 Å². The third-order valence-electron chi connectivity index (χ3n) is 4.97. The van der Waals surface area contributed by atoms with Crippen LogP contribution in [0.4, 0.5) is 0 Å². The number of rotatable bonds is 7. The van der Waals surface area contributed by atoms with Crippen molar-refractivity contribution < 1.29 is 13.2 Å². The maximum Gasteiger partial charge on any atom is 0.240 e. The van der Waals surface area contributed by atoms with E-state index in [0.717, 1.165) is 29.7 Å². The van der Waals surface area contributed by atoms with Gasteiger partial charge in [0.2, 0.25) is 15.9 Å². The molecule has 3 rings (SSSR count). The van der Waals surface area contributed by atoms with Gasteiger partial charge in [-0.05, 0) is 42.0 Å². The Morgan fingerprint density at radius 2 is 1.67 bits per heavy atom. The summed E-state index contributed by atoms with van der Waals surface area (Å²) in [6.07, 6.45) is 0.130. The zero-order valence-electron chi connectivity index (χ0n) is 16.4. The van der Waals surface area contributed by atoms with Crippen LogP contribution in [-0.4, -0.2) is 56.8 Å². The Morgan fingerprint density at radius 3 is 2.27 bits per heavy atom. The van der Waals surface area contributed by atoms with E-state index in [1.165, 1.54) is 12.1 Å². The monoisotopic (exact) mass is 490 g/mol. The summed E-state index contributed by atoms with van der Waals surface area (Å²) in [7, 11) is -3.62. The van der Waals surface area contributed by atoms with E-state index >= 15 is 0 Å². The molecule has 158 valence electrons. The summed E-state index contributed by atoms with van der Waals surface area (Å²) in [6.45, 7) is 3.61. The minimum atomic E-state index is -3.62. The number of nitriles is 1. The first kappa shape index (κ1) is 22.4. The first-order valence-electron chi connectivity index (χ1n) is 9.62. The lowest BCUT2D eigenvalue weighted by atomic mass is 10.1. The van der Waals surface area contributed by atoms with Gasteiger partial charge in [-0.3, -0.25) is 9.69 Å². The van der Waals surface area contributed by atoms with Gasteiger partial charge in [0.05, 0.1) is 16.5 Å². The molecule has 0 spiro atoms. The second-order valence-electron chi connectivity index (χ2n) is 7.07. The molecule has 1 N–H and O–H groups in total. The van der Waals surface area contributed by atoms with Gasteiger partial charge < -0.3 is 4.90 Å². The van der Waals surface area contributed by atoms with Crippen LogP contribution in [-0.2, 0) is 21.4 Å². The Bertz CT molecular complexity index is 1010. The number of hydrogen-bond donors (Lipinski definition) is 1. The van der Waals surface area contributed by atoms with Gasteiger partial charge in [-0.1, -0.05) is 28.1 Å². The molecule has 1 aliphatic heterocycles. The molecule has 2 aromatic carbocycles. The van der Waals surface area contributed by atoms with E-state index < -0.39 is 10.0 Å². The molecule has 0 radical (unpaired) electrons. The van der Waals surface area contributed by atoms with E-state index in [-0.39, 0.29) is 23.8 Å². The number of carbonyl (C=O) groups is 1. The Morgan fingerprint density at radius 1 is 1.03 bits per heavy atom. The van der Waals surface area contributed by atoms with Crippen molar-refractivity contribution in [1.82, 2.24) is 14.5 Å². The second kappa shape index (κ2) is 10.2. The smallest absolute Gasteiger partial charge is 0.240 e. The number of sulfonamides is 1. The molecule has 9 heteroatoms. The van der Waals surface area contributed by atoms with Crippen molar-refractivity contribution in [1.29, 1.82) is 5.26 Å². The largest absolute Gasteiger partial charge is 0.340 e. The lowest BCUT2D eigenvalue weighted by molar-refractivity contribution is -0.132. The third kappa shape index (κ3) is 6.12. The Balaban J connectivity index is 1.41. The number of nitrogens with one attached hydrogen (secondary N) is 1. The molecule has 1 fully saturated rings. The van der Waals surface area contributed by atoms with Crippen molar-refractivity contribution in [2.24, 2.45) is 0 Å². The fourth-order valence-electron chi connectivity index (χ4n) is 3.25. The quantitative estimate of drug-likeness (QED) is 0.642. The highest BCUT2D eigenvalue weighted by atomic mass is 79.9. The second-order valence-corrected chi connectivity index (χ2v) is 9.75. The van der Waals surface area contributed by atoms with Crippen LogP contribution in [0.25, 0.3) is 0 Å². The van der Waals surface area contributed by atoms with Crippen molar-refractivity contribution in [3.63, 3.8) is 0 Å². The SMILES string of the molecule is N#Cc1ccc(CN2CCN(C(=O)CCNS(=O)(=O)c3ccc(Br)cc3)CC2)cc1. The maximum absolute atomic E-state index is 12.4. The third-order valence-corrected chi connectivity index (χ3v) is 6.97. The molecule has 1 aliphatic rings. The van der Waals surface area contributed by atoms with Gasteiger partial charge >= 0.3 is 0 Å². The molecule has 0 atom stereocenters. The molecule has 1 amide bonds. The maximum atomic E-state index is 12.4. The molecule has 7 nitrogen and oxygen atoms in total. The highest BCUT2D eigenvalue weighted by Gasteiger charge is 2.21. The zero-order chi connectivity index (χ0) is 21.6. The van der Waals surface area contributed by atoms with E-state index in [4.69, 9.17) is 5.26 Å². The Labute approximate surface area is 185 Å². The molecule has 0 bridgehead atoms. The lowest BCUT2D eigenvalue weighted by Crippen LogP contribution is -2.48. The molecule has 0 aromatic heterocycles. The summed E-state index contributed by atoms with van der Waals surface area (Å²) in [4.78, 5) is 16.7.